The Morgan fingerprint density at radius 2 is 2.06 bits per heavy atom. The maximum absolute atomic E-state index is 6.27. The van der Waals surface area contributed by atoms with Gasteiger partial charge in [0, 0.05) is 40.7 Å². The molecule has 0 amide bonds. The minimum atomic E-state index is 0.0849. The van der Waals surface area contributed by atoms with Crippen molar-refractivity contribution in [2.75, 3.05) is 26.7 Å². The normalized spacial score (nSPS) is 25.1. The number of likely N-dealkylation sites (N-methyl/N-ethyl adjacent to an activating group) is 1. The topological polar surface area (TPSA) is 58.5 Å². The van der Waals surface area contributed by atoms with Gasteiger partial charge in [0.2, 0.25) is 0 Å². The summed E-state index contributed by atoms with van der Waals surface area (Å²) < 4.78 is 8.25. The lowest BCUT2D eigenvalue weighted by atomic mass is 9.68. The highest BCUT2D eigenvalue weighted by Gasteiger charge is 2.49. The summed E-state index contributed by atoms with van der Waals surface area (Å²) in [5, 5.41) is 5.95. The van der Waals surface area contributed by atoms with Crippen molar-refractivity contribution in [3.05, 3.63) is 39.7 Å². The number of nitrogens with one attached hydrogen (secondary N) is 1. The van der Waals surface area contributed by atoms with E-state index < -0.39 is 0 Å². The van der Waals surface area contributed by atoms with Gasteiger partial charge in [0.25, 0.3) is 0 Å². The lowest BCUT2D eigenvalue weighted by Crippen LogP contribution is -2.57. The third-order valence-electron chi connectivity index (χ3n) is 8.49. The molecule has 1 saturated carbocycles. The number of aromatic nitrogens is 4. The van der Waals surface area contributed by atoms with Crippen molar-refractivity contribution in [1.29, 1.82) is 0 Å². The van der Waals surface area contributed by atoms with Crippen molar-refractivity contribution in [3.8, 4) is 11.3 Å². The minimum Gasteiger partial charge on any atom is -0.372 e. The molecule has 0 aromatic carbocycles. The molecule has 0 radical (unpaired) electrons. The van der Waals surface area contributed by atoms with Gasteiger partial charge in [0.1, 0.15) is 11.2 Å². The van der Waals surface area contributed by atoms with Crippen LogP contribution in [0.2, 0.25) is 0 Å². The predicted octanol–water partition coefficient (Wildman–Crippen LogP) is 5.44. The molecule has 1 N–H and O–H groups in total. The summed E-state index contributed by atoms with van der Waals surface area (Å²) in [5.41, 5.74) is 9.53. The molecule has 3 aliphatic rings. The molecule has 2 aliphatic carbocycles. The van der Waals surface area contributed by atoms with E-state index >= 15 is 0 Å². The Morgan fingerprint density at radius 1 is 1.24 bits per heavy atom. The highest BCUT2D eigenvalue weighted by molar-refractivity contribution is 7.19. The molecule has 4 aromatic heterocycles. The number of pyridine rings is 1. The summed E-state index contributed by atoms with van der Waals surface area (Å²) in [6, 6.07) is 0. The van der Waals surface area contributed by atoms with Crippen LogP contribution in [0, 0.1) is 6.92 Å². The van der Waals surface area contributed by atoms with Crippen LogP contribution in [0.15, 0.2) is 12.5 Å². The number of nitrogens with zero attached hydrogens (tertiary/aromatic N) is 4. The monoisotopic (exact) mass is 475 g/mol. The van der Waals surface area contributed by atoms with E-state index in [1.54, 1.807) is 11.2 Å². The second-order valence-electron chi connectivity index (χ2n) is 11.1. The Labute approximate surface area is 204 Å². The van der Waals surface area contributed by atoms with Crippen LogP contribution in [0.25, 0.3) is 27.1 Å². The molecule has 1 spiro atoms. The van der Waals surface area contributed by atoms with Gasteiger partial charge >= 0.3 is 0 Å². The first-order valence-corrected chi connectivity index (χ1v) is 13.6. The fourth-order valence-electron chi connectivity index (χ4n) is 7.00. The van der Waals surface area contributed by atoms with Crippen LogP contribution < -0.4 is 0 Å². The average Bonchev–Trinajstić information content (AvgIpc) is 3.55. The highest BCUT2D eigenvalue weighted by Crippen LogP contribution is 2.54. The Balaban J connectivity index is 1.32. The van der Waals surface area contributed by atoms with Gasteiger partial charge in [0.15, 0.2) is 5.65 Å². The molecule has 0 bridgehead atoms. The van der Waals surface area contributed by atoms with Gasteiger partial charge in [-0.15, -0.1) is 11.3 Å². The zero-order chi connectivity index (χ0) is 23.2. The number of morpholine rings is 1. The molecule has 7 heteroatoms. The van der Waals surface area contributed by atoms with Crippen molar-refractivity contribution >= 4 is 27.2 Å². The Morgan fingerprint density at radius 3 is 2.85 bits per heavy atom. The van der Waals surface area contributed by atoms with Gasteiger partial charge in [-0.1, -0.05) is 13.8 Å². The van der Waals surface area contributed by atoms with Gasteiger partial charge in [-0.05, 0) is 74.6 Å². The second-order valence-corrected chi connectivity index (χ2v) is 12.2. The number of hydrogen-bond acceptors (Lipinski definition) is 5. The van der Waals surface area contributed by atoms with Crippen LogP contribution in [0.4, 0.5) is 0 Å². The summed E-state index contributed by atoms with van der Waals surface area (Å²) in [6.45, 7) is 10.0. The smallest absolute Gasteiger partial charge is 0.158 e. The highest BCUT2D eigenvalue weighted by atomic mass is 32.1. The zero-order valence-electron chi connectivity index (χ0n) is 20.6. The first kappa shape index (κ1) is 21.1. The Hall–Kier alpha value is -2.22. The van der Waals surface area contributed by atoms with Crippen molar-refractivity contribution < 1.29 is 4.74 Å². The van der Waals surface area contributed by atoms with Crippen LogP contribution in [-0.2, 0) is 17.6 Å². The van der Waals surface area contributed by atoms with Crippen LogP contribution in [0.1, 0.15) is 72.1 Å². The van der Waals surface area contributed by atoms with Crippen LogP contribution in [-0.4, -0.2) is 56.8 Å². The molecule has 0 atom stereocenters. The van der Waals surface area contributed by atoms with E-state index in [1.807, 2.05) is 15.9 Å². The van der Waals surface area contributed by atoms with Gasteiger partial charge < -0.3 is 14.6 Å². The predicted molar refractivity (Wildman–Crippen MR) is 137 cm³/mol. The van der Waals surface area contributed by atoms with Crippen molar-refractivity contribution in [1.82, 2.24) is 24.5 Å². The maximum atomic E-state index is 6.27. The van der Waals surface area contributed by atoms with Crippen LogP contribution in [0.3, 0.4) is 0 Å². The molecule has 5 heterocycles. The molecule has 6 nitrogen and oxygen atoms in total. The van der Waals surface area contributed by atoms with Gasteiger partial charge in [-0.2, -0.15) is 5.10 Å². The van der Waals surface area contributed by atoms with E-state index in [-0.39, 0.29) is 5.60 Å². The fraction of sp³-hybridized carbons (Fsp3) is 0.556. The van der Waals surface area contributed by atoms with E-state index in [0.717, 1.165) is 51.0 Å². The Kier molecular flexibility index (Phi) is 4.58. The van der Waals surface area contributed by atoms with E-state index in [2.05, 4.69) is 54.0 Å². The molecule has 0 unspecified atom stereocenters. The van der Waals surface area contributed by atoms with Gasteiger partial charge in [0.05, 0.1) is 17.9 Å². The van der Waals surface area contributed by atoms with Crippen molar-refractivity contribution in [2.45, 2.75) is 70.3 Å². The van der Waals surface area contributed by atoms with E-state index in [1.165, 1.54) is 50.1 Å². The summed E-state index contributed by atoms with van der Waals surface area (Å²) in [6.07, 6.45) is 9.62. The first-order chi connectivity index (χ1) is 16.4. The maximum Gasteiger partial charge on any atom is 0.158 e. The number of H-pyrrole nitrogens is 1. The third kappa shape index (κ3) is 2.93. The van der Waals surface area contributed by atoms with Crippen LogP contribution in [0.5, 0.6) is 0 Å². The number of aryl methyl sites for hydroxylation is 2. The molecule has 4 aromatic rings. The number of hydrogen-bond donors (Lipinski definition) is 1. The lowest BCUT2D eigenvalue weighted by Gasteiger charge is -2.51. The molecule has 7 rings (SSSR count). The molecular formula is C27H33N5OS. The largest absolute Gasteiger partial charge is 0.372 e. The van der Waals surface area contributed by atoms with E-state index in [4.69, 9.17) is 4.74 Å². The number of thiophene rings is 1. The SMILES string of the molecule is Cc1c(C2CC3(C2)CN(C)CCO3)sc2[nH]c(-c3cn4ncnc4c4c3CCC4)c(C(C)C)c12. The summed E-state index contributed by atoms with van der Waals surface area (Å²) in [4.78, 5) is 13.8. The van der Waals surface area contributed by atoms with Crippen molar-refractivity contribution in [3.63, 3.8) is 0 Å². The molecule has 2 fully saturated rings. The van der Waals surface area contributed by atoms with E-state index in [0.29, 0.717) is 11.8 Å². The molecule has 34 heavy (non-hydrogen) atoms. The molecule has 178 valence electrons. The molecule has 1 aliphatic heterocycles. The first-order valence-electron chi connectivity index (χ1n) is 12.8. The third-order valence-corrected chi connectivity index (χ3v) is 9.86. The zero-order valence-corrected chi connectivity index (χ0v) is 21.4. The molecule has 1 saturated heterocycles. The number of rotatable bonds is 3. The number of aromatic amines is 1. The summed E-state index contributed by atoms with van der Waals surface area (Å²) in [5.74, 6) is 1.06. The Bertz CT molecular complexity index is 1420. The quantitative estimate of drug-likeness (QED) is 0.429. The lowest BCUT2D eigenvalue weighted by molar-refractivity contribution is -0.154. The summed E-state index contributed by atoms with van der Waals surface area (Å²) in [7, 11) is 2.22. The van der Waals surface area contributed by atoms with E-state index in [9.17, 15) is 0 Å². The van der Waals surface area contributed by atoms with Gasteiger partial charge in [-0.3, -0.25) is 0 Å². The van der Waals surface area contributed by atoms with Crippen molar-refractivity contribution in [2.24, 2.45) is 0 Å². The number of ether oxygens (including phenoxy) is 1. The fourth-order valence-corrected chi connectivity index (χ4v) is 8.32. The summed E-state index contributed by atoms with van der Waals surface area (Å²) >= 11 is 1.98. The minimum absolute atomic E-state index is 0.0849. The van der Waals surface area contributed by atoms with Gasteiger partial charge in [-0.25, -0.2) is 9.50 Å². The second kappa shape index (κ2) is 7.39. The molecular weight excluding hydrogens is 442 g/mol. The standard InChI is InChI=1S/C27H33N5OS/c1-15(2)21-22-16(3)24(17-10-27(11-17)13-31(4)8-9-33-27)34-26(22)30-23(21)20-12-32-25(28-14-29-32)19-7-5-6-18(19)20/h12,14-15,17,30H,5-11,13H2,1-4H3. The number of fused-ring (bicyclic) bond motifs is 4. The average molecular weight is 476 g/mol. The van der Waals surface area contributed by atoms with Crippen LogP contribution >= 0.6 is 11.3 Å².